The Bertz CT molecular complexity index is 1780. The Morgan fingerprint density at radius 2 is 1.87 bits per heavy atom. The van der Waals surface area contributed by atoms with E-state index in [1.165, 1.54) is 6.42 Å². The van der Waals surface area contributed by atoms with E-state index >= 15 is 0 Å². The highest BCUT2D eigenvalue weighted by Crippen LogP contribution is 2.30. The highest BCUT2D eigenvalue weighted by atomic mass is 16.1. The predicted molar refractivity (Wildman–Crippen MR) is 152 cm³/mol. The van der Waals surface area contributed by atoms with Gasteiger partial charge in [0.2, 0.25) is 5.91 Å². The van der Waals surface area contributed by atoms with Gasteiger partial charge in [0.1, 0.15) is 5.69 Å². The van der Waals surface area contributed by atoms with E-state index in [0.29, 0.717) is 0 Å². The van der Waals surface area contributed by atoms with Crippen molar-refractivity contribution in [3.8, 4) is 22.6 Å². The number of H-pyrrole nitrogens is 2. The number of aromatic nitrogens is 6. The third-order valence-corrected chi connectivity index (χ3v) is 7.94. The molecule has 4 heterocycles. The van der Waals surface area contributed by atoms with Crippen LogP contribution in [-0.2, 0) is 4.79 Å². The lowest BCUT2D eigenvalue weighted by Crippen LogP contribution is -2.28. The van der Waals surface area contributed by atoms with E-state index in [0.717, 1.165) is 87.6 Å². The fourth-order valence-corrected chi connectivity index (χ4v) is 5.86. The first-order valence-electron chi connectivity index (χ1n) is 13.6. The second kappa shape index (κ2) is 9.94. The fourth-order valence-electron chi connectivity index (χ4n) is 5.86. The van der Waals surface area contributed by atoms with Gasteiger partial charge in [0.15, 0.2) is 5.82 Å². The van der Waals surface area contributed by atoms with Crippen molar-refractivity contribution in [3.05, 3.63) is 77.3 Å². The van der Waals surface area contributed by atoms with Crippen LogP contribution in [0.3, 0.4) is 0 Å². The van der Waals surface area contributed by atoms with Gasteiger partial charge in [-0.15, -0.1) is 0 Å². The minimum absolute atomic E-state index is 0.107. The third-order valence-electron chi connectivity index (χ3n) is 7.94. The zero-order valence-electron chi connectivity index (χ0n) is 21.5. The molecule has 0 radical (unpaired) electrons. The summed E-state index contributed by atoms with van der Waals surface area (Å²) in [4.78, 5) is 29.8. The summed E-state index contributed by atoms with van der Waals surface area (Å²) in [7, 11) is 0. The van der Waals surface area contributed by atoms with Crippen LogP contribution >= 0.6 is 0 Å². The number of carbonyl (C=O) groups excluding carboxylic acids is 1. The molecule has 1 saturated carbocycles. The van der Waals surface area contributed by atoms with Crippen LogP contribution in [0.2, 0.25) is 0 Å². The first-order chi connectivity index (χ1) is 19.2. The topological polar surface area (TPSA) is 112 Å². The Labute approximate surface area is 225 Å². The molecule has 1 aromatic carbocycles. The van der Waals surface area contributed by atoms with Crippen molar-refractivity contribution in [2.24, 2.45) is 5.92 Å². The van der Waals surface area contributed by atoms with Crippen molar-refractivity contribution in [1.29, 1.82) is 0 Å². The average Bonchev–Trinajstić information content (AvgIpc) is 3.62. The average molecular weight is 516 g/mol. The molecule has 0 spiro atoms. The number of carbonyl (C=O) groups is 1. The molecular formula is C31H29N7O. The van der Waals surface area contributed by atoms with Gasteiger partial charge in [-0.1, -0.05) is 43.5 Å². The molecule has 4 aromatic heterocycles. The van der Waals surface area contributed by atoms with Crippen molar-refractivity contribution >= 4 is 34.8 Å². The number of fused-ring (bicyclic) bond motifs is 2. The molecule has 1 fully saturated rings. The highest BCUT2D eigenvalue weighted by molar-refractivity contribution is 5.94. The summed E-state index contributed by atoms with van der Waals surface area (Å²) in [5.41, 5.74) is 6.59. The maximum Gasteiger partial charge on any atom is 0.227 e. The number of anilines is 1. The van der Waals surface area contributed by atoms with Gasteiger partial charge in [0.05, 0.1) is 28.3 Å². The number of pyridine rings is 2. The summed E-state index contributed by atoms with van der Waals surface area (Å²) >= 11 is 0. The summed E-state index contributed by atoms with van der Waals surface area (Å²) in [5.74, 6) is 1.06. The SMILES string of the molecule is O=C(Nc1cncc(C2C=c3c(-c4nc5c(-c6ccncc6)cccc5[nH]4)n[nH]c3=CC2)c1)C1CCCCC1. The van der Waals surface area contributed by atoms with E-state index in [4.69, 9.17) is 4.98 Å². The third kappa shape index (κ3) is 4.52. The van der Waals surface area contributed by atoms with Gasteiger partial charge >= 0.3 is 0 Å². The van der Waals surface area contributed by atoms with Gasteiger partial charge in [-0.25, -0.2) is 4.98 Å². The molecule has 8 nitrogen and oxygen atoms in total. The van der Waals surface area contributed by atoms with Gasteiger partial charge in [-0.2, -0.15) is 5.10 Å². The summed E-state index contributed by atoms with van der Waals surface area (Å²) in [6.07, 6.45) is 17.9. The number of imidazole rings is 1. The van der Waals surface area contributed by atoms with Gasteiger partial charge < -0.3 is 10.3 Å². The molecule has 7 rings (SSSR count). The van der Waals surface area contributed by atoms with Crippen LogP contribution in [-0.4, -0.2) is 36.0 Å². The zero-order valence-corrected chi connectivity index (χ0v) is 21.5. The van der Waals surface area contributed by atoms with Crippen LogP contribution in [0.1, 0.15) is 50.0 Å². The van der Waals surface area contributed by atoms with Crippen LogP contribution in [0.15, 0.2) is 61.2 Å². The Morgan fingerprint density at radius 3 is 2.74 bits per heavy atom. The maximum absolute atomic E-state index is 12.8. The number of benzene rings is 1. The molecule has 1 atom stereocenters. The molecule has 1 amide bonds. The fraction of sp³-hybridized carbons (Fsp3) is 0.258. The summed E-state index contributed by atoms with van der Waals surface area (Å²) in [5, 5.41) is 12.9. The molecule has 0 aliphatic heterocycles. The molecule has 2 aliphatic rings. The number of aromatic amines is 2. The zero-order chi connectivity index (χ0) is 26.2. The minimum Gasteiger partial charge on any atom is -0.337 e. The Morgan fingerprint density at radius 1 is 1.00 bits per heavy atom. The lowest BCUT2D eigenvalue weighted by Gasteiger charge is -2.21. The minimum atomic E-state index is 0.107. The number of nitrogens with one attached hydrogen (secondary N) is 3. The number of rotatable bonds is 5. The molecule has 194 valence electrons. The van der Waals surface area contributed by atoms with E-state index in [1.807, 2.05) is 30.5 Å². The van der Waals surface area contributed by atoms with E-state index in [2.05, 4.69) is 54.8 Å². The Balaban J connectivity index is 1.20. The van der Waals surface area contributed by atoms with Crippen LogP contribution in [0.5, 0.6) is 0 Å². The summed E-state index contributed by atoms with van der Waals surface area (Å²) in [6.45, 7) is 0. The lowest BCUT2D eigenvalue weighted by molar-refractivity contribution is -0.120. The van der Waals surface area contributed by atoms with Gasteiger partial charge in [-0.05, 0) is 54.7 Å². The number of amides is 1. The Hall–Kier alpha value is -4.59. The van der Waals surface area contributed by atoms with Crippen molar-refractivity contribution in [1.82, 2.24) is 30.1 Å². The second-order valence-corrected chi connectivity index (χ2v) is 10.5. The molecule has 39 heavy (non-hydrogen) atoms. The number of hydrogen-bond donors (Lipinski definition) is 3. The summed E-state index contributed by atoms with van der Waals surface area (Å²) < 4.78 is 0. The largest absolute Gasteiger partial charge is 0.337 e. The monoisotopic (exact) mass is 515 g/mol. The highest BCUT2D eigenvalue weighted by Gasteiger charge is 2.22. The summed E-state index contributed by atoms with van der Waals surface area (Å²) in [6, 6.07) is 12.2. The van der Waals surface area contributed by atoms with Crippen LogP contribution < -0.4 is 15.9 Å². The maximum atomic E-state index is 12.8. The predicted octanol–water partition coefficient (Wildman–Crippen LogP) is 4.68. The molecule has 1 unspecified atom stereocenters. The van der Waals surface area contributed by atoms with E-state index in [1.54, 1.807) is 18.6 Å². The Kier molecular flexibility index (Phi) is 6.00. The van der Waals surface area contributed by atoms with Crippen molar-refractivity contribution in [2.45, 2.75) is 44.4 Å². The van der Waals surface area contributed by atoms with Crippen LogP contribution in [0.25, 0.3) is 45.8 Å². The molecule has 0 bridgehead atoms. The van der Waals surface area contributed by atoms with Crippen LogP contribution in [0.4, 0.5) is 5.69 Å². The van der Waals surface area contributed by atoms with Crippen LogP contribution in [0, 0.1) is 5.92 Å². The molecule has 8 heteroatoms. The quantitative estimate of drug-likeness (QED) is 0.315. The normalized spacial score (nSPS) is 17.3. The van der Waals surface area contributed by atoms with Gasteiger partial charge in [0, 0.05) is 41.2 Å². The van der Waals surface area contributed by atoms with E-state index < -0.39 is 0 Å². The molecule has 3 N–H and O–H groups in total. The number of para-hydroxylation sites is 1. The van der Waals surface area contributed by atoms with Crippen molar-refractivity contribution in [3.63, 3.8) is 0 Å². The van der Waals surface area contributed by atoms with Gasteiger partial charge in [0.25, 0.3) is 0 Å². The lowest BCUT2D eigenvalue weighted by atomic mass is 9.88. The first kappa shape index (κ1) is 23.5. The standard InChI is InChI=1S/C31H29N7O/c39-31(20-5-2-1-3-6-20)34-23-15-22(17-33-18-23)21-9-10-26-25(16-21)29(38-37-26)30-35-27-8-4-7-24(28(27)36-30)19-11-13-32-14-12-19/h4,7-8,10-18,20-21,37H,1-3,5-6,9H2,(H,34,39)(H,35,36). The molecular weight excluding hydrogens is 486 g/mol. The molecule has 0 saturated heterocycles. The molecule has 5 aromatic rings. The second-order valence-electron chi connectivity index (χ2n) is 10.5. The molecule has 2 aliphatic carbocycles. The first-order valence-corrected chi connectivity index (χ1v) is 13.6. The van der Waals surface area contributed by atoms with Crippen molar-refractivity contribution in [2.75, 3.05) is 5.32 Å². The van der Waals surface area contributed by atoms with Crippen molar-refractivity contribution < 1.29 is 4.79 Å². The number of nitrogens with zero attached hydrogens (tertiary/aromatic N) is 4. The smallest absolute Gasteiger partial charge is 0.227 e. The number of hydrogen-bond acceptors (Lipinski definition) is 5. The van der Waals surface area contributed by atoms with E-state index in [9.17, 15) is 4.79 Å². The van der Waals surface area contributed by atoms with E-state index in [-0.39, 0.29) is 17.7 Å². The van der Waals surface area contributed by atoms with Gasteiger partial charge in [-0.3, -0.25) is 19.9 Å².